The van der Waals surface area contributed by atoms with Crippen LogP contribution in [0, 0.1) is 5.92 Å². The molecular formula is C13H18ClNS. The lowest BCUT2D eigenvalue weighted by atomic mass is 9.91. The molecule has 1 fully saturated rings. The summed E-state index contributed by atoms with van der Waals surface area (Å²) in [6, 6.07) is 5.82. The highest BCUT2D eigenvalue weighted by Crippen LogP contribution is 2.39. The smallest absolute Gasteiger partial charge is 0.0562 e. The fourth-order valence-corrected chi connectivity index (χ4v) is 3.99. The minimum absolute atomic E-state index is 0.727. The van der Waals surface area contributed by atoms with E-state index >= 15 is 0 Å². The molecule has 1 aromatic rings. The Morgan fingerprint density at radius 2 is 2.19 bits per heavy atom. The molecule has 3 heteroatoms. The molecule has 1 aliphatic rings. The van der Waals surface area contributed by atoms with Gasteiger partial charge in [0.25, 0.3) is 0 Å². The van der Waals surface area contributed by atoms with Gasteiger partial charge in [0.2, 0.25) is 0 Å². The zero-order valence-corrected chi connectivity index (χ0v) is 11.2. The summed E-state index contributed by atoms with van der Waals surface area (Å²) in [5.74, 6) is 0.860. The predicted octanol–water partition coefficient (Wildman–Crippen LogP) is 4.59. The maximum Gasteiger partial charge on any atom is 0.0562 e. The minimum Gasteiger partial charge on any atom is -0.399 e. The number of nitrogens with two attached hydrogens (primary N) is 1. The molecule has 0 saturated heterocycles. The zero-order chi connectivity index (χ0) is 11.5. The van der Waals surface area contributed by atoms with Crippen LogP contribution in [0.4, 0.5) is 5.69 Å². The second-order valence-electron chi connectivity index (χ2n) is 4.70. The third kappa shape index (κ3) is 3.08. The highest BCUT2D eigenvalue weighted by molar-refractivity contribution is 8.00. The maximum absolute atomic E-state index is 6.18. The number of hydrogen-bond donors (Lipinski definition) is 1. The topological polar surface area (TPSA) is 26.0 Å². The van der Waals surface area contributed by atoms with Gasteiger partial charge < -0.3 is 5.73 Å². The van der Waals surface area contributed by atoms with Crippen molar-refractivity contribution in [2.75, 3.05) is 5.73 Å². The zero-order valence-electron chi connectivity index (χ0n) is 9.58. The molecule has 2 rings (SSSR count). The molecule has 0 radical (unpaired) electrons. The average molecular weight is 256 g/mol. The summed E-state index contributed by atoms with van der Waals surface area (Å²) in [5, 5.41) is 1.52. The largest absolute Gasteiger partial charge is 0.399 e. The van der Waals surface area contributed by atoms with Crippen molar-refractivity contribution in [3.63, 3.8) is 0 Å². The maximum atomic E-state index is 6.18. The summed E-state index contributed by atoms with van der Waals surface area (Å²) in [6.45, 7) is 2.34. The fraction of sp³-hybridized carbons (Fsp3) is 0.538. The van der Waals surface area contributed by atoms with Crippen LogP contribution < -0.4 is 5.73 Å². The monoisotopic (exact) mass is 255 g/mol. The summed E-state index contributed by atoms with van der Waals surface area (Å²) < 4.78 is 0. The lowest BCUT2D eigenvalue weighted by Gasteiger charge is -2.26. The quantitative estimate of drug-likeness (QED) is 0.782. The lowest BCUT2D eigenvalue weighted by Crippen LogP contribution is -2.14. The van der Waals surface area contributed by atoms with Crippen LogP contribution in [0.25, 0.3) is 0 Å². The molecule has 16 heavy (non-hydrogen) atoms. The molecule has 2 N–H and O–H groups in total. The van der Waals surface area contributed by atoms with E-state index in [0.717, 1.165) is 21.9 Å². The first-order valence-electron chi connectivity index (χ1n) is 5.87. The van der Waals surface area contributed by atoms with Gasteiger partial charge in [0.15, 0.2) is 0 Å². The Morgan fingerprint density at radius 3 is 2.88 bits per heavy atom. The standard InChI is InChI=1S/C13H18ClNS/c1-9-3-2-4-11(7-9)16-13-6-5-10(15)8-12(13)14/h5-6,8-9,11H,2-4,7,15H2,1H3. The van der Waals surface area contributed by atoms with Crippen molar-refractivity contribution in [2.45, 2.75) is 42.8 Å². The second-order valence-corrected chi connectivity index (χ2v) is 6.45. The summed E-state index contributed by atoms with van der Waals surface area (Å²) in [4.78, 5) is 1.18. The first kappa shape index (κ1) is 12.1. The normalized spacial score (nSPS) is 25.6. The van der Waals surface area contributed by atoms with Crippen LogP contribution in [0.1, 0.15) is 32.6 Å². The van der Waals surface area contributed by atoms with Crippen molar-refractivity contribution in [3.05, 3.63) is 23.2 Å². The van der Waals surface area contributed by atoms with Gasteiger partial charge >= 0.3 is 0 Å². The molecule has 0 aliphatic heterocycles. The highest BCUT2D eigenvalue weighted by atomic mass is 35.5. The van der Waals surface area contributed by atoms with Gasteiger partial charge in [-0.3, -0.25) is 0 Å². The van der Waals surface area contributed by atoms with E-state index < -0.39 is 0 Å². The van der Waals surface area contributed by atoms with Gasteiger partial charge in [-0.2, -0.15) is 0 Å². The van der Waals surface area contributed by atoms with Gasteiger partial charge in [-0.25, -0.2) is 0 Å². The average Bonchev–Trinajstić information content (AvgIpc) is 2.22. The van der Waals surface area contributed by atoms with Gasteiger partial charge in [0, 0.05) is 15.8 Å². The van der Waals surface area contributed by atoms with Crippen LogP contribution in [-0.2, 0) is 0 Å². The van der Waals surface area contributed by atoms with Gasteiger partial charge in [0.05, 0.1) is 5.02 Å². The molecule has 0 spiro atoms. The van der Waals surface area contributed by atoms with Crippen molar-refractivity contribution in [1.82, 2.24) is 0 Å². The molecule has 0 aromatic heterocycles. The summed E-state index contributed by atoms with van der Waals surface area (Å²) >= 11 is 8.10. The number of rotatable bonds is 2. The van der Waals surface area contributed by atoms with E-state index in [1.165, 1.54) is 30.6 Å². The predicted molar refractivity (Wildman–Crippen MR) is 73.1 cm³/mol. The molecule has 2 unspecified atom stereocenters. The second kappa shape index (κ2) is 5.33. The Hall–Kier alpha value is -0.340. The molecule has 0 heterocycles. The number of thioether (sulfide) groups is 1. The number of benzene rings is 1. The van der Waals surface area contributed by atoms with E-state index in [2.05, 4.69) is 6.92 Å². The molecule has 88 valence electrons. The molecule has 0 bridgehead atoms. The van der Waals surface area contributed by atoms with Crippen molar-refractivity contribution in [3.8, 4) is 0 Å². The third-order valence-corrected chi connectivity index (χ3v) is 4.93. The van der Waals surface area contributed by atoms with Crippen molar-refractivity contribution in [1.29, 1.82) is 0 Å². The SMILES string of the molecule is CC1CCCC(Sc2ccc(N)cc2Cl)C1. The van der Waals surface area contributed by atoms with Crippen LogP contribution >= 0.6 is 23.4 Å². The minimum atomic E-state index is 0.727. The number of halogens is 1. The fourth-order valence-electron chi connectivity index (χ4n) is 2.28. The number of anilines is 1. The molecule has 2 atom stereocenters. The Morgan fingerprint density at radius 1 is 1.38 bits per heavy atom. The molecule has 1 aliphatic carbocycles. The third-order valence-electron chi connectivity index (χ3n) is 3.14. The molecule has 1 aromatic carbocycles. The molecule has 0 amide bonds. The van der Waals surface area contributed by atoms with Gasteiger partial charge in [0.1, 0.15) is 0 Å². The lowest BCUT2D eigenvalue weighted by molar-refractivity contribution is 0.394. The number of nitrogen functional groups attached to an aromatic ring is 1. The Bertz CT molecular complexity index is 367. The van der Waals surface area contributed by atoms with Crippen LogP contribution in [0.15, 0.2) is 23.1 Å². The van der Waals surface area contributed by atoms with E-state index in [9.17, 15) is 0 Å². The van der Waals surface area contributed by atoms with Gasteiger partial charge in [-0.05, 0) is 37.0 Å². The Kier molecular flexibility index (Phi) is 4.04. The highest BCUT2D eigenvalue weighted by Gasteiger charge is 2.20. The number of hydrogen-bond acceptors (Lipinski definition) is 2. The van der Waals surface area contributed by atoms with Crippen molar-refractivity contribution >= 4 is 29.1 Å². The Labute approximate surface area is 107 Å². The van der Waals surface area contributed by atoms with Crippen LogP contribution in [-0.4, -0.2) is 5.25 Å². The first-order chi connectivity index (χ1) is 7.65. The van der Waals surface area contributed by atoms with E-state index in [0.29, 0.717) is 0 Å². The molecular weight excluding hydrogens is 238 g/mol. The first-order valence-corrected chi connectivity index (χ1v) is 7.12. The summed E-state index contributed by atoms with van der Waals surface area (Å²) in [5.41, 5.74) is 6.43. The summed E-state index contributed by atoms with van der Waals surface area (Å²) in [7, 11) is 0. The van der Waals surface area contributed by atoms with E-state index in [1.807, 2.05) is 30.0 Å². The van der Waals surface area contributed by atoms with Crippen LogP contribution in [0.5, 0.6) is 0 Å². The molecule has 1 saturated carbocycles. The van der Waals surface area contributed by atoms with Crippen LogP contribution in [0.3, 0.4) is 0 Å². The van der Waals surface area contributed by atoms with Gasteiger partial charge in [-0.1, -0.05) is 31.4 Å². The van der Waals surface area contributed by atoms with Crippen molar-refractivity contribution < 1.29 is 0 Å². The summed E-state index contributed by atoms with van der Waals surface area (Å²) in [6.07, 6.45) is 5.36. The van der Waals surface area contributed by atoms with Gasteiger partial charge in [-0.15, -0.1) is 11.8 Å². The van der Waals surface area contributed by atoms with E-state index in [-0.39, 0.29) is 0 Å². The van der Waals surface area contributed by atoms with Crippen LogP contribution in [0.2, 0.25) is 5.02 Å². The van der Waals surface area contributed by atoms with Crippen molar-refractivity contribution in [2.24, 2.45) is 5.92 Å². The van der Waals surface area contributed by atoms with E-state index in [1.54, 1.807) is 0 Å². The Balaban J connectivity index is 2.02. The van der Waals surface area contributed by atoms with E-state index in [4.69, 9.17) is 17.3 Å². The molecule has 1 nitrogen and oxygen atoms in total.